The highest BCUT2D eigenvalue weighted by Gasteiger charge is 2.14. The molecule has 0 bridgehead atoms. The molecule has 0 fully saturated rings. The molecule has 1 aromatic heterocycles. The Morgan fingerprint density at radius 2 is 2.20 bits per heavy atom. The summed E-state index contributed by atoms with van der Waals surface area (Å²) in [5, 5.41) is 4.92. The lowest BCUT2D eigenvalue weighted by Gasteiger charge is -2.11. The molecular formula is C14H17ClFN3O. The Bertz CT molecular complexity index is 613. The number of aryl methyl sites for hydroxylation is 2. The molecule has 0 radical (unpaired) electrons. The zero-order valence-electron chi connectivity index (χ0n) is 11.5. The number of hydrogen-bond donors (Lipinski definition) is 1. The van der Waals surface area contributed by atoms with Crippen molar-refractivity contribution in [1.29, 1.82) is 0 Å². The summed E-state index contributed by atoms with van der Waals surface area (Å²) in [6.07, 6.45) is 0. The van der Waals surface area contributed by atoms with Crippen LogP contribution in [0, 0.1) is 12.7 Å². The third kappa shape index (κ3) is 2.94. The Balaban J connectivity index is 2.21. The number of aromatic nitrogens is 2. The van der Waals surface area contributed by atoms with Crippen molar-refractivity contribution in [3.8, 4) is 5.75 Å². The molecule has 2 aromatic rings. The van der Waals surface area contributed by atoms with Crippen LogP contribution in [-0.4, -0.2) is 9.78 Å². The second kappa shape index (κ2) is 6.24. The highest BCUT2D eigenvalue weighted by molar-refractivity contribution is 6.31. The van der Waals surface area contributed by atoms with Crippen LogP contribution in [0.15, 0.2) is 18.2 Å². The summed E-state index contributed by atoms with van der Waals surface area (Å²) in [6, 6.07) is 4.29. The summed E-state index contributed by atoms with van der Waals surface area (Å²) in [6.45, 7) is 5.02. The Morgan fingerprint density at radius 1 is 1.45 bits per heavy atom. The van der Waals surface area contributed by atoms with Gasteiger partial charge in [0, 0.05) is 18.7 Å². The van der Waals surface area contributed by atoms with Crippen LogP contribution in [0.5, 0.6) is 5.75 Å². The molecule has 4 nitrogen and oxygen atoms in total. The zero-order valence-corrected chi connectivity index (χ0v) is 12.2. The standard InChI is InChI=1S/C14H17ClFN3O/c1-3-19-12(14(15)9(2)18-19)8-20-13-5-4-11(16)6-10(13)7-17/h4-6H,3,7-8,17H2,1-2H3. The van der Waals surface area contributed by atoms with Crippen molar-refractivity contribution in [2.45, 2.75) is 33.5 Å². The summed E-state index contributed by atoms with van der Waals surface area (Å²) in [7, 11) is 0. The van der Waals surface area contributed by atoms with E-state index in [-0.39, 0.29) is 19.0 Å². The minimum absolute atomic E-state index is 0.215. The van der Waals surface area contributed by atoms with Crippen LogP contribution in [0.1, 0.15) is 23.9 Å². The van der Waals surface area contributed by atoms with Crippen molar-refractivity contribution in [2.75, 3.05) is 0 Å². The Labute approximate surface area is 122 Å². The van der Waals surface area contributed by atoms with Crippen LogP contribution >= 0.6 is 11.6 Å². The molecule has 0 saturated carbocycles. The van der Waals surface area contributed by atoms with E-state index in [1.807, 2.05) is 13.8 Å². The van der Waals surface area contributed by atoms with Crippen molar-refractivity contribution in [1.82, 2.24) is 9.78 Å². The number of hydrogen-bond acceptors (Lipinski definition) is 3. The first-order valence-electron chi connectivity index (χ1n) is 6.39. The van der Waals surface area contributed by atoms with E-state index < -0.39 is 0 Å². The average Bonchev–Trinajstić information content (AvgIpc) is 2.72. The fraction of sp³-hybridized carbons (Fsp3) is 0.357. The third-order valence-corrected chi connectivity index (χ3v) is 3.55. The van der Waals surface area contributed by atoms with Crippen molar-refractivity contribution in [3.63, 3.8) is 0 Å². The molecule has 108 valence electrons. The molecule has 0 spiro atoms. The summed E-state index contributed by atoms with van der Waals surface area (Å²) in [5.74, 6) is 0.233. The van der Waals surface area contributed by atoms with Gasteiger partial charge in [0.15, 0.2) is 0 Å². The Hall–Kier alpha value is -1.59. The predicted molar refractivity (Wildman–Crippen MR) is 76.3 cm³/mol. The number of rotatable bonds is 5. The second-order valence-electron chi connectivity index (χ2n) is 4.41. The summed E-state index contributed by atoms with van der Waals surface area (Å²) in [5.41, 5.74) is 7.79. The van der Waals surface area contributed by atoms with E-state index in [2.05, 4.69) is 5.10 Å². The molecule has 0 atom stereocenters. The Morgan fingerprint density at radius 3 is 2.85 bits per heavy atom. The van der Waals surface area contributed by atoms with Crippen LogP contribution in [0.4, 0.5) is 4.39 Å². The highest BCUT2D eigenvalue weighted by Crippen LogP contribution is 2.24. The van der Waals surface area contributed by atoms with E-state index >= 15 is 0 Å². The molecule has 0 amide bonds. The number of nitrogens with two attached hydrogens (primary N) is 1. The normalized spacial score (nSPS) is 10.8. The van der Waals surface area contributed by atoms with Crippen molar-refractivity contribution in [2.24, 2.45) is 5.73 Å². The molecule has 2 rings (SSSR count). The van der Waals surface area contributed by atoms with Gasteiger partial charge in [0.25, 0.3) is 0 Å². The predicted octanol–water partition coefficient (Wildman–Crippen LogP) is 3.04. The van der Waals surface area contributed by atoms with Gasteiger partial charge < -0.3 is 10.5 Å². The van der Waals surface area contributed by atoms with Crippen LogP contribution < -0.4 is 10.5 Å². The summed E-state index contributed by atoms with van der Waals surface area (Å²) in [4.78, 5) is 0. The minimum atomic E-state index is -0.328. The molecule has 6 heteroatoms. The molecule has 1 aromatic carbocycles. The fourth-order valence-electron chi connectivity index (χ4n) is 2.00. The van der Waals surface area contributed by atoms with E-state index in [1.165, 1.54) is 12.1 Å². The number of ether oxygens (including phenoxy) is 1. The largest absolute Gasteiger partial charge is 0.487 e. The van der Waals surface area contributed by atoms with Gasteiger partial charge in [-0.1, -0.05) is 11.6 Å². The topological polar surface area (TPSA) is 53.1 Å². The lowest BCUT2D eigenvalue weighted by atomic mass is 10.2. The molecule has 0 aliphatic carbocycles. The van der Waals surface area contributed by atoms with Gasteiger partial charge in [-0.3, -0.25) is 4.68 Å². The lowest BCUT2D eigenvalue weighted by molar-refractivity contribution is 0.289. The average molecular weight is 298 g/mol. The lowest BCUT2D eigenvalue weighted by Crippen LogP contribution is -2.08. The third-order valence-electron chi connectivity index (χ3n) is 3.06. The zero-order chi connectivity index (χ0) is 14.7. The van der Waals surface area contributed by atoms with E-state index in [0.29, 0.717) is 22.9 Å². The van der Waals surface area contributed by atoms with Gasteiger partial charge in [-0.2, -0.15) is 5.10 Å². The van der Waals surface area contributed by atoms with E-state index in [0.717, 1.165) is 11.4 Å². The maximum absolute atomic E-state index is 13.1. The molecule has 0 unspecified atom stereocenters. The van der Waals surface area contributed by atoms with Crippen LogP contribution in [0.25, 0.3) is 0 Å². The molecule has 0 aliphatic rings. The SMILES string of the molecule is CCn1nc(C)c(Cl)c1COc1ccc(F)cc1CN. The van der Waals surface area contributed by atoms with Crippen molar-refractivity contribution >= 4 is 11.6 Å². The van der Waals surface area contributed by atoms with Crippen LogP contribution in [-0.2, 0) is 19.7 Å². The highest BCUT2D eigenvalue weighted by atomic mass is 35.5. The van der Waals surface area contributed by atoms with Crippen LogP contribution in [0.3, 0.4) is 0 Å². The van der Waals surface area contributed by atoms with E-state index in [9.17, 15) is 4.39 Å². The summed E-state index contributed by atoms with van der Waals surface area (Å²) < 4.78 is 20.6. The first kappa shape index (κ1) is 14.8. The van der Waals surface area contributed by atoms with Gasteiger partial charge in [-0.25, -0.2) is 4.39 Å². The number of halogens is 2. The number of nitrogens with zero attached hydrogens (tertiary/aromatic N) is 2. The molecule has 2 N–H and O–H groups in total. The van der Waals surface area contributed by atoms with E-state index in [4.69, 9.17) is 22.1 Å². The maximum atomic E-state index is 13.1. The van der Waals surface area contributed by atoms with Crippen molar-refractivity contribution < 1.29 is 9.13 Å². The van der Waals surface area contributed by atoms with Gasteiger partial charge in [0.1, 0.15) is 18.2 Å². The van der Waals surface area contributed by atoms with Gasteiger partial charge in [0.2, 0.25) is 0 Å². The molecule has 0 aliphatic heterocycles. The monoisotopic (exact) mass is 297 g/mol. The van der Waals surface area contributed by atoms with Crippen molar-refractivity contribution in [3.05, 3.63) is 46.0 Å². The summed E-state index contributed by atoms with van der Waals surface area (Å²) >= 11 is 6.21. The molecule has 20 heavy (non-hydrogen) atoms. The maximum Gasteiger partial charge on any atom is 0.131 e. The molecule has 1 heterocycles. The quantitative estimate of drug-likeness (QED) is 0.923. The Kier molecular flexibility index (Phi) is 4.62. The number of benzene rings is 1. The molecule has 0 saturated heterocycles. The fourth-order valence-corrected chi connectivity index (χ4v) is 2.19. The van der Waals surface area contributed by atoms with Gasteiger partial charge in [-0.15, -0.1) is 0 Å². The van der Waals surface area contributed by atoms with E-state index in [1.54, 1.807) is 10.7 Å². The molecular weight excluding hydrogens is 281 g/mol. The smallest absolute Gasteiger partial charge is 0.131 e. The second-order valence-corrected chi connectivity index (χ2v) is 4.78. The first-order valence-corrected chi connectivity index (χ1v) is 6.77. The van der Waals surface area contributed by atoms with Gasteiger partial charge in [0.05, 0.1) is 16.4 Å². The van der Waals surface area contributed by atoms with Gasteiger partial charge >= 0.3 is 0 Å². The van der Waals surface area contributed by atoms with Crippen LogP contribution in [0.2, 0.25) is 5.02 Å². The minimum Gasteiger partial charge on any atom is -0.487 e. The first-order chi connectivity index (χ1) is 9.56. The van der Waals surface area contributed by atoms with Gasteiger partial charge in [-0.05, 0) is 32.0 Å².